The Morgan fingerprint density at radius 1 is 1.44 bits per heavy atom. The second-order valence-electron chi connectivity index (χ2n) is 4.79. The molecule has 0 spiro atoms. The monoisotopic (exact) mass is 246 g/mol. The molecule has 0 bridgehead atoms. The molecule has 1 unspecified atom stereocenters. The number of nitrogens with zero attached hydrogens (tertiary/aromatic N) is 1. The van der Waals surface area contributed by atoms with E-state index in [0.717, 1.165) is 28.8 Å². The average molecular weight is 246 g/mol. The van der Waals surface area contributed by atoms with Gasteiger partial charge in [0.15, 0.2) is 0 Å². The van der Waals surface area contributed by atoms with Crippen LogP contribution in [0.25, 0.3) is 0 Å². The first-order chi connectivity index (χ1) is 8.56. The Bertz CT molecular complexity index is 495. The molecule has 0 fully saturated rings. The first-order valence-electron chi connectivity index (χ1n) is 6.11. The van der Waals surface area contributed by atoms with Crippen LogP contribution in [0.2, 0.25) is 0 Å². The molecule has 1 aromatic carbocycles. The largest absolute Gasteiger partial charge is 0.390 e. The molecule has 18 heavy (non-hydrogen) atoms. The number of hydrogen-bond donors (Lipinski definition) is 1. The van der Waals surface area contributed by atoms with Gasteiger partial charge in [-0.3, -0.25) is 4.79 Å². The minimum absolute atomic E-state index is 0.0281. The maximum atomic E-state index is 12.0. The Kier molecular flexibility index (Phi) is 3.65. The fraction of sp³-hybridized carbons (Fsp3) is 0.429. The molecule has 0 radical (unpaired) electrons. The summed E-state index contributed by atoms with van der Waals surface area (Å²) in [6.07, 6.45) is 0.757. The lowest BCUT2D eigenvalue weighted by Gasteiger charge is -2.11. The zero-order valence-electron chi connectivity index (χ0n) is 11.0. The number of amides is 1. The summed E-state index contributed by atoms with van der Waals surface area (Å²) in [6, 6.07) is 5.81. The normalized spacial score (nSPS) is 18.2. The van der Waals surface area contributed by atoms with Crippen molar-refractivity contribution in [3.63, 3.8) is 0 Å². The van der Waals surface area contributed by atoms with E-state index in [1.165, 1.54) is 0 Å². The molecule has 1 heterocycles. The Labute approximate surface area is 107 Å². The topological polar surface area (TPSA) is 50.7 Å². The van der Waals surface area contributed by atoms with Gasteiger partial charge in [-0.2, -0.15) is 0 Å². The van der Waals surface area contributed by atoms with Crippen molar-refractivity contribution in [3.05, 3.63) is 34.9 Å². The van der Waals surface area contributed by atoms with Gasteiger partial charge in [-0.15, -0.1) is 0 Å². The summed E-state index contributed by atoms with van der Waals surface area (Å²) in [5, 5.41) is 6.75. The smallest absolute Gasteiger partial charge is 0.251 e. The first kappa shape index (κ1) is 12.6. The van der Waals surface area contributed by atoms with Crippen LogP contribution < -0.4 is 5.32 Å². The number of aryl methyl sites for hydroxylation is 2. The highest BCUT2D eigenvalue weighted by Gasteiger charge is 2.19. The summed E-state index contributed by atoms with van der Waals surface area (Å²) in [4.78, 5) is 17.2. The Balaban J connectivity index is 1.92. The van der Waals surface area contributed by atoms with Gasteiger partial charge in [-0.05, 0) is 32.4 Å². The van der Waals surface area contributed by atoms with E-state index in [0.29, 0.717) is 6.54 Å². The van der Waals surface area contributed by atoms with Crippen LogP contribution in [0.3, 0.4) is 0 Å². The summed E-state index contributed by atoms with van der Waals surface area (Å²) in [6.45, 7) is 6.38. The lowest BCUT2D eigenvalue weighted by Crippen LogP contribution is -2.32. The molecular weight excluding hydrogens is 228 g/mol. The summed E-state index contributed by atoms with van der Waals surface area (Å²) in [7, 11) is 0. The SMILES string of the molecule is CC1=NOC(CNC(=O)c2ccc(C)cc2C)C1. The van der Waals surface area contributed by atoms with Crippen LogP contribution in [0.4, 0.5) is 0 Å². The Morgan fingerprint density at radius 2 is 2.22 bits per heavy atom. The maximum Gasteiger partial charge on any atom is 0.251 e. The number of carbonyl (C=O) groups is 1. The summed E-state index contributed by atoms with van der Waals surface area (Å²) >= 11 is 0. The van der Waals surface area contributed by atoms with E-state index in [9.17, 15) is 4.79 Å². The number of carbonyl (C=O) groups excluding carboxylic acids is 1. The number of oxime groups is 1. The summed E-state index contributed by atoms with van der Waals surface area (Å²) < 4.78 is 0. The number of nitrogens with one attached hydrogen (secondary N) is 1. The van der Waals surface area contributed by atoms with Gasteiger partial charge in [0.2, 0.25) is 0 Å². The summed E-state index contributed by atoms with van der Waals surface area (Å²) in [5.41, 5.74) is 3.84. The van der Waals surface area contributed by atoms with Crippen molar-refractivity contribution in [2.75, 3.05) is 6.54 Å². The molecule has 0 aromatic heterocycles. The highest BCUT2D eigenvalue weighted by molar-refractivity contribution is 5.95. The average Bonchev–Trinajstić information content (AvgIpc) is 2.72. The van der Waals surface area contributed by atoms with Gasteiger partial charge in [0.05, 0.1) is 12.3 Å². The minimum atomic E-state index is -0.0550. The van der Waals surface area contributed by atoms with Gasteiger partial charge in [0.25, 0.3) is 5.91 Å². The molecular formula is C14H18N2O2. The van der Waals surface area contributed by atoms with Crippen molar-refractivity contribution in [1.82, 2.24) is 5.32 Å². The molecule has 0 saturated heterocycles. The molecule has 4 heteroatoms. The maximum absolute atomic E-state index is 12.0. The third kappa shape index (κ3) is 2.88. The molecule has 0 aliphatic carbocycles. The third-order valence-corrected chi connectivity index (χ3v) is 3.00. The quantitative estimate of drug-likeness (QED) is 0.888. The van der Waals surface area contributed by atoms with Crippen molar-refractivity contribution in [3.8, 4) is 0 Å². The van der Waals surface area contributed by atoms with E-state index >= 15 is 0 Å². The van der Waals surface area contributed by atoms with Crippen molar-refractivity contribution >= 4 is 11.6 Å². The standard InChI is InChI=1S/C14H18N2O2/c1-9-4-5-13(10(2)6-9)14(17)15-8-12-7-11(3)16-18-12/h4-6,12H,7-8H2,1-3H3,(H,15,17). The zero-order valence-corrected chi connectivity index (χ0v) is 11.0. The molecule has 0 saturated carbocycles. The molecule has 1 N–H and O–H groups in total. The molecule has 96 valence electrons. The van der Waals surface area contributed by atoms with E-state index in [2.05, 4.69) is 10.5 Å². The molecule has 1 aromatic rings. The van der Waals surface area contributed by atoms with E-state index < -0.39 is 0 Å². The Morgan fingerprint density at radius 3 is 2.83 bits per heavy atom. The highest BCUT2D eigenvalue weighted by atomic mass is 16.6. The van der Waals surface area contributed by atoms with E-state index in [1.54, 1.807) is 0 Å². The van der Waals surface area contributed by atoms with Crippen molar-refractivity contribution in [2.24, 2.45) is 5.16 Å². The van der Waals surface area contributed by atoms with Gasteiger partial charge in [0.1, 0.15) is 6.10 Å². The highest BCUT2D eigenvalue weighted by Crippen LogP contribution is 2.12. The van der Waals surface area contributed by atoms with Gasteiger partial charge < -0.3 is 10.2 Å². The second kappa shape index (κ2) is 5.21. The van der Waals surface area contributed by atoms with Crippen molar-refractivity contribution < 1.29 is 9.63 Å². The fourth-order valence-electron chi connectivity index (χ4n) is 2.05. The van der Waals surface area contributed by atoms with Crippen LogP contribution in [0, 0.1) is 13.8 Å². The van der Waals surface area contributed by atoms with Crippen LogP contribution in [0.15, 0.2) is 23.4 Å². The lowest BCUT2D eigenvalue weighted by molar-refractivity contribution is 0.0753. The van der Waals surface area contributed by atoms with Crippen LogP contribution >= 0.6 is 0 Å². The molecule has 1 amide bonds. The summed E-state index contributed by atoms with van der Waals surface area (Å²) in [5.74, 6) is -0.0550. The second-order valence-corrected chi connectivity index (χ2v) is 4.79. The van der Waals surface area contributed by atoms with E-state index in [4.69, 9.17) is 4.84 Å². The van der Waals surface area contributed by atoms with E-state index in [-0.39, 0.29) is 12.0 Å². The zero-order chi connectivity index (χ0) is 13.1. The van der Waals surface area contributed by atoms with Gasteiger partial charge in [-0.25, -0.2) is 0 Å². The number of benzene rings is 1. The van der Waals surface area contributed by atoms with Crippen LogP contribution in [-0.4, -0.2) is 24.3 Å². The number of hydrogen-bond acceptors (Lipinski definition) is 3. The third-order valence-electron chi connectivity index (χ3n) is 3.00. The minimum Gasteiger partial charge on any atom is -0.390 e. The van der Waals surface area contributed by atoms with E-state index in [1.807, 2.05) is 39.0 Å². The number of rotatable bonds is 3. The fourth-order valence-corrected chi connectivity index (χ4v) is 2.05. The molecule has 4 nitrogen and oxygen atoms in total. The molecule has 1 atom stereocenters. The molecule has 1 aliphatic heterocycles. The van der Waals surface area contributed by atoms with Crippen LogP contribution in [0.1, 0.15) is 34.8 Å². The van der Waals surface area contributed by atoms with Gasteiger partial charge >= 0.3 is 0 Å². The predicted octanol–water partition coefficient (Wildman–Crippen LogP) is 2.20. The van der Waals surface area contributed by atoms with Gasteiger partial charge in [0, 0.05) is 12.0 Å². The lowest BCUT2D eigenvalue weighted by atomic mass is 10.1. The van der Waals surface area contributed by atoms with Crippen LogP contribution in [-0.2, 0) is 4.84 Å². The van der Waals surface area contributed by atoms with Gasteiger partial charge in [-0.1, -0.05) is 22.9 Å². The van der Waals surface area contributed by atoms with Crippen LogP contribution in [0.5, 0.6) is 0 Å². The van der Waals surface area contributed by atoms with Crippen molar-refractivity contribution in [2.45, 2.75) is 33.3 Å². The predicted molar refractivity (Wildman–Crippen MR) is 70.8 cm³/mol. The molecule has 1 aliphatic rings. The Hall–Kier alpha value is -1.84. The van der Waals surface area contributed by atoms with Crippen molar-refractivity contribution in [1.29, 1.82) is 0 Å². The first-order valence-corrected chi connectivity index (χ1v) is 6.11. The molecule has 2 rings (SSSR count).